The molecule has 0 saturated carbocycles. The first-order chi connectivity index (χ1) is 10.8. The van der Waals surface area contributed by atoms with Crippen LogP contribution in [0.3, 0.4) is 0 Å². The second-order valence-electron chi connectivity index (χ2n) is 5.26. The van der Waals surface area contributed by atoms with Gasteiger partial charge in [-0.2, -0.15) is 6.42 Å². The quantitative estimate of drug-likeness (QED) is 0.432. The van der Waals surface area contributed by atoms with Crippen molar-refractivity contribution in [3.8, 4) is 0 Å². The minimum Gasteiger partial charge on any atom is -0.870 e. The number of carbonyl (C=O) groups is 3. The third-order valence-corrected chi connectivity index (χ3v) is 3.57. The summed E-state index contributed by atoms with van der Waals surface area (Å²) in [4.78, 5) is 36.7. The molecule has 3 N–H and O–H groups in total. The van der Waals surface area contributed by atoms with Gasteiger partial charge >= 0.3 is 51.4 Å². The third kappa shape index (κ3) is 5.18. The van der Waals surface area contributed by atoms with Gasteiger partial charge in [-0.05, 0) is 23.6 Å². The molecule has 8 heteroatoms. The molecule has 0 bridgehead atoms. The maximum atomic E-state index is 14.0. The van der Waals surface area contributed by atoms with Crippen LogP contribution in [0.25, 0.3) is 0 Å². The number of nitrogens with two attached hydrogens (primary N) is 1. The van der Waals surface area contributed by atoms with Gasteiger partial charge in [-0.1, -0.05) is 27.7 Å². The second kappa shape index (κ2) is 11.2. The van der Waals surface area contributed by atoms with E-state index in [-0.39, 0.29) is 80.3 Å². The van der Waals surface area contributed by atoms with Crippen molar-refractivity contribution in [3.05, 3.63) is 41.6 Å². The van der Waals surface area contributed by atoms with E-state index < -0.39 is 29.6 Å². The number of primary amides is 1. The summed E-state index contributed by atoms with van der Waals surface area (Å²) >= 11 is 0. The molecule has 134 valence electrons. The summed E-state index contributed by atoms with van der Waals surface area (Å²) < 4.78 is 14.0. The Balaban J connectivity index is 0. The maximum Gasteiger partial charge on any atom is 1.00 e. The molecule has 0 spiro atoms. The number of rotatable bonds is 4. The largest absolute Gasteiger partial charge is 1.00 e. The van der Waals surface area contributed by atoms with Crippen LogP contribution >= 0.6 is 0 Å². The van der Waals surface area contributed by atoms with E-state index in [1.165, 1.54) is 6.07 Å². The van der Waals surface area contributed by atoms with Gasteiger partial charge in [0.1, 0.15) is 5.82 Å². The van der Waals surface area contributed by atoms with Crippen molar-refractivity contribution in [3.63, 3.8) is 0 Å². The van der Waals surface area contributed by atoms with E-state index in [9.17, 15) is 18.8 Å². The molecule has 1 aliphatic heterocycles. The summed E-state index contributed by atoms with van der Waals surface area (Å²) in [6, 6.07) is 1.30. The zero-order valence-electron chi connectivity index (χ0n) is 15.3. The monoisotopic (exact) mass is 377 g/mol. The van der Waals surface area contributed by atoms with Gasteiger partial charge in [0.15, 0.2) is 0 Å². The minimum absolute atomic E-state index is 0. The molecule has 1 aromatic carbocycles. The van der Waals surface area contributed by atoms with Gasteiger partial charge < -0.3 is 18.1 Å². The van der Waals surface area contributed by atoms with Gasteiger partial charge in [-0.3, -0.25) is 19.3 Å². The van der Waals surface area contributed by atoms with E-state index in [2.05, 4.69) is 6.92 Å². The van der Waals surface area contributed by atoms with Gasteiger partial charge in [-0.15, -0.1) is 0 Å². The fourth-order valence-corrected chi connectivity index (χ4v) is 2.42. The van der Waals surface area contributed by atoms with Crippen LogP contribution in [0.15, 0.2) is 12.1 Å². The Morgan fingerprint density at radius 2 is 1.64 bits per heavy atom. The number of benzene rings is 1. The molecule has 6 nitrogen and oxygen atoms in total. The minimum atomic E-state index is -1.12. The molecule has 3 amide bonds. The smallest absolute Gasteiger partial charge is 0.870 e. The van der Waals surface area contributed by atoms with E-state index in [0.717, 1.165) is 11.0 Å². The Labute approximate surface area is 190 Å². The van der Waals surface area contributed by atoms with Crippen molar-refractivity contribution in [1.29, 1.82) is 0 Å². The van der Waals surface area contributed by atoms with Crippen molar-refractivity contribution < 1.29 is 75.6 Å². The number of hydrogen-bond acceptors (Lipinski definition) is 4. The third-order valence-electron chi connectivity index (χ3n) is 3.57. The number of hydrogen-bond donors (Lipinski definition) is 1. The van der Waals surface area contributed by atoms with Crippen LogP contribution in [0.2, 0.25) is 0 Å². The predicted octanol–water partition coefficient (Wildman–Crippen LogP) is -0.523. The molecule has 1 aromatic rings. The second-order valence-corrected chi connectivity index (χ2v) is 5.26. The Bertz CT molecular complexity index is 650. The molecule has 1 aliphatic rings. The van der Waals surface area contributed by atoms with Crippen LogP contribution in [-0.4, -0.2) is 34.1 Å². The van der Waals surface area contributed by atoms with E-state index in [1.807, 2.05) is 13.8 Å². The average molecular weight is 377 g/mol. The standard InChI is InChI=1S/C15H16FN2O3.C2H6.K.H2O/c1-4-12(13(17)19)18-14(20)9-5-8(7(2)3)11(16)6-10(9)15(18)21;1-2;;/h5-7,12H,1,4H2,2-3H3,(H2,17,19);1-2H3;;1H2/q-1;;+1;/p-1. The molecule has 0 fully saturated rings. The van der Waals surface area contributed by atoms with Crippen LogP contribution in [0.5, 0.6) is 0 Å². The van der Waals surface area contributed by atoms with Gasteiger partial charge in [0.25, 0.3) is 11.8 Å². The molecular formula is C17H23FKN2O4-. The number of carbonyl (C=O) groups excluding carboxylic acids is 3. The molecular weight excluding hydrogens is 354 g/mol. The molecule has 1 heterocycles. The summed E-state index contributed by atoms with van der Waals surface area (Å²) in [6.07, 6.45) is -0.0275. The number of halogens is 1. The SMILES string of the molecule is CC.[CH2-]CC(C(N)=O)N1C(=O)c2cc(F)c(C(C)C)cc2C1=O.[K+].[OH-]. The van der Waals surface area contributed by atoms with Crippen molar-refractivity contribution in [2.75, 3.05) is 0 Å². The molecule has 25 heavy (non-hydrogen) atoms. The molecule has 1 unspecified atom stereocenters. The van der Waals surface area contributed by atoms with Gasteiger partial charge in [0, 0.05) is 0 Å². The van der Waals surface area contributed by atoms with Crippen molar-refractivity contribution in [2.24, 2.45) is 5.73 Å². The van der Waals surface area contributed by atoms with E-state index >= 15 is 0 Å². The summed E-state index contributed by atoms with van der Waals surface area (Å²) in [5.41, 5.74) is 5.61. The molecule has 2 rings (SSSR count). The fraction of sp³-hybridized carbons (Fsp3) is 0.412. The molecule has 0 aliphatic carbocycles. The van der Waals surface area contributed by atoms with E-state index in [0.29, 0.717) is 5.56 Å². The zero-order chi connectivity index (χ0) is 17.9. The first-order valence-corrected chi connectivity index (χ1v) is 7.59. The number of amides is 3. The van der Waals surface area contributed by atoms with Crippen LogP contribution in [0.1, 0.15) is 66.3 Å². The fourth-order valence-electron chi connectivity index (χ4n) is 2.42. The topological polar surface area (TPSA) is 110 Å². The first kappa shape index (κ1) is 26.6. The van der Waals surface area contributed by atoms with Crippen LogP contribution in [0.4, 0.5) is 4.39 Å². The van der Waals surface area contributed by atoms with Crippen LogP contribution < -0.4 is 57.1 Å². The Kier molecular flexibility index (Phi) is 11.9. The molecule has 0 aromatic heterocycles. The zero-order valence-corrected chi connectivity index (χ0v) is 18.4. The normalized spacial score (nSPS) is 13.3. The Morgan fingerprint density at radius 1 is 1.20 bits per heavy atom. The van der Waals surface area contributed by atoms with Gasteiger partial charge in [0.2, 0.25) is 5.91 Å². The number of nitrogens with zero attached hydrogens (tertiary/aromatic N) is 1. The molecule has 1 atom stereocenters. The number of fused-ring (bicyclic) bond motifs is 1. The summed E-state index contributed by atoms with van der Waals surface area (Å²) in [7, 11) is 0. The summed E-state index contributed by atoms with van der Waals surface area (Å²) in [6.45, 7) is 11.1. The van der Waals surface area contributed by atoms with E-state index in [4.69, 9.17) is 5.73 Å². The van der Waals surface area contributed by atoms with Gasteiger partial charge in [0.05, 0.1) is 17.2 Å². The summed E-state index contributed by atoms with van der Waals surface area (Å²) in [5, 5.41) is 0. The van der Waals surface area contributed by atoms with E-state index in [1.54, 1.807) is 13.8 Å². The van der Waals surface area contributed by atoms with Crippen molar-refractivity contribution in [1.82, 2.24) is 4.90 Å². The number of imide groups is 1. The van der Waals surface area contributed by atoms with Crippen molar-refractivity contribution >= 4 is 17.7 Å². The Hall–Kier alpha value is -0.644. The predicted molar refractivity (Wildman–Crippen MR) is 87.2 cm³/mol. The summed E-state index contributed by atoms with van der Waals surface area (Å²) in [5.74, 6) is -2.84. The maximum absolute atomic E-state index is 14.0. The average Bonchev–Trinajstić information content (AvgIpc) is 2.73. The Morgan fingerprint density at radius 3 is 2.00 bits per heavy atom. The first-order valence-electron chi connectivity index (χ1n) is 7.59. The van der Waals surface area contributed by atoms with Gasteiger partial charge in [-0.25, -0.2) is 4.39 Å². The molecule has 0 saturated heterocycles. The van der Waals surface area contributed by atoms with Crippen LogP contribution in [0, 0.1) is 12.7 Å². The van der Waals surface area contributed by atoms with Crippen LogP contribution in [-0.2, 0) is 4.79 Å². The molecule has 0 radical (unpaired) electrons. The van der Waals surface area contributed by atoms with Crippen molar-refractivity contribution in [2.45, 2.75) is 46.1 Å².